The van der Waals surface area contributed by atoms with Gasteiger partial charge in [0.25, 0.3) is 5.69 Å². The molecule has 1 aliphatic carbocycles. The third-order valence-electron chi connectivity index (χ3n) is 4.19. The number of ether oxygens (including phenoxy) is 1. The molecule has 1 saturated carbocycles. The maximum absolute atomic E-state index is 11.8. The molecule has 2 N–H and O–H groups in total. The van der Waals surface area contributed by atoms with Gasteiger partial charge in [-0.25, -0.2) is 4.79 Å². The summed E-state index contributed by atoms with van der Waals surface area (Å²) in [4.78, 5) is 22.4. The number of alkyl carbamates (subject to hydrolysis) is 1. The lowest BCUT2D eigenvalue weighted by molar-refractivity contribution is -0.384. The molecular formula is C18H18ClN3O4. The lowest BCUT2D eigenvalue weighted by atomic mass is 9.86. The Balaban J connectivity index is 1.43. The number of hydrogen-bond donors (Lipinski definition) is 2. The SMILES string of the molecule is O=C(NC1CC(Nc2ccc(Cl)cc2[N+](=O)[O-])C1)OCc1ccccc1. The van der Waals surface area contributed by atoms with Gasteiger partial charge in [0.1, 0.15) is 12.3 Å². The summed E-state index contributed by atoms with van der Waals surface area (Å²) >= 11 is 5.81. The molecule has 1 fully saturated rings. The molecule has 0 bridgehead atoms. The standard InChI is InChI=1S/C18H18ClN3O4/c19-13-6-7-16(17(8-13)22(24)25)20-14-9-15(10-14)21-18(23)26-11-12-4-2-1-3-5-12/h1-8,14-15,20H,9-11H2,(H,21,23). The van der Waals surface area contributed by atoms with E-state index in [4.69, 9.17) is 16.3 Å². The molecule has 1 amide bonds. The highest BCUT2D eigenvalue weighted by Gasteiger charge is 2.32. The minimum Gasteiger partial charge on any atom is -0.445 e. The van der Waals surface area contributed by atoms with Crippen LogP contribution < -0.4 is 10.6 Å². The quantitative estimate of drug-likeness (QED) is 0.585. The molecule has 26 heavy (non-hydrogen) atoms. The van der Waals surface area contributed by atoms with Crippen LogP contribution in [-0.4, -0.2) is 23.1 Å². The summed E-state index contributed by atoms with van der Waals surface area (Å²) in [6.07, 6.45) is 0.871. The first kappa shape index (κ1) is 18.0. The van der Waals surface area contributed by atoms with E-state index >= 15 is 0 Å². The number of hydrogen-bond acceptors (Lipinski definition) is 5. The summed E-state index contributed by atoms with van der Waals surface area (Å²) in [7, 11) is 0. The molecule has 3 rings (SSSR count). The summed E-state index contributed by atoms with van der Waals surface area (Å²) in [6.45, 7) is 0.220. The lowest BCUT2D eigenvalue weighted by Crippen LogP contribution is -2.49. The molecule has 2 aromatic rings. The van der Waals surface area contributed by atoms with Gasteiger partial charge in [0.15, 0.2) is 0 Å². The molecule has 0 aromatic heterocycles. The van der Waals surface area contributed by atoms with Gasteiger partial charge >= 0.3 is 6.09 Å². The smallest absolute Gasteiger partial charge is 0.407 e. The van der Waals surface area contributed by atoms with Crippen molar-refractivity contribution in [3.8, 4) is 0 Å². The number of nitrogens with zero attached hydrogens (tertiary/aromatic N) is 1. The third-order valence-corrected chi connectivity index (χ3v) is 4.42. The van der Waals surface area contributed by atoms with E-state index in [1.165, 1.54) is 6.07 Å². The van der Waals surface area contributed by atoms with Gasteiger partial charge in [-0.05, 0) is 30.5 Å². The van der Waals surface area contributed by atoms with Crippen molar-refractivity contribution in [3.63, 3.8) is 0 Å². The van der Waals surface area contributed by atoms with E-state index in [1.807, 2.05) is 30.3 Å². The number of anilines is 1. The summed E-state index contributed by atoms with van der Waals surface area (Å²) in [6, 6.07) is 14.0. The van der Waals surface area contributed by atoms with Crippen LogP contribution in [0.15, 0.2) is 48.5 Å². The normalized spacial score (nSPS) is 18.5. The van der Waals surface area contributed by atoms with Crippen molar-refractivity contribution in [2.24, 2.45) is 0 Å². The van der Waals surface area contributed by atoms with Crippen LogP contribution in [0.25, 0.3) is 0 Å². The monoisotopic (exact) mass is 375 g/mol. The molecule has 136 valence electrons. The molecule has 2 aromatic carbocycles. The zero-order valence-corrected chi connectivity index (χ0v) is 14.6. The predicted molar refractivity (Wildman–Crippen MR) is 98.3 cm³/mol. The Hall–Kier alpha value is -2.80. The average Bonchev–Trinajstić information content (AvgIpc) is 2.60. The molecule has 0 radical (unpaired) electrons. The number of rotatable bonds is 6. The Bertz CT molecular complexity index is 794. The summed E-state index contributed by atoms with van der Waals surface area (Å²) in [5.41, 5.74) is 1.29. The third kappa shape index (κ3) is 4.64. The van der Waals surface area contributed by atoms with E-state index in [1.54, 1.807) is 12.1 Å². The van der Waals surface area contributed by atoms with E-state index in [9.17, 15) is 14.9 Å². The Labute approximate surface area is 155 Å². The summed E-state index contributed by atoms with van der Waals surface area (Å²) in [5, 5.41) is 17.3. The lowest BCUT2D eigenvalue weighted by Gasteiger charge is -2.36. The van der Waals surface area contributed by atoms with Crippen LogP contribution in [0.2, 0.25) is 5.02 Å². The Kier molecular flexibility index (Phi) is 5.58. The molecule has 0 atom stereocenters. The first-order valence-corrected chi connectivity index (χ1v) is 8.57. The van der Waals surface area contributed by atoms with Crippen LogP contribution >= 0.6 is 11.6 Å². The minimum atomic E-state index is -0.469. The van der Waals surface area contributed by atoms with Crippen LogP contribution in [0.1, 0.15) is 18.4 Å². The van der Waals surface area contributed by atoms with Crippen molar-refractivity contribution in [1.82, 2.24) is 5.32 Å². The van der Waals surface area contributed by atoms with Crippen LogP contribution in [-0.2, 0) is 11.3 Å². The average molecular weight is 376 g/mol. The molecule has 0 aliphatic heterocycles. The number of benzene rings is 2. The van der Waals surface area contributed by atoms with Gasteiger partial charge in [-0.3, -0.25) is 10.1 Å². The Morgan fingerprint density at radius 2 is 1.92 bits per heavy atom. The molecule has 0 spiro atoms. The molecule has 0 heterocycles. The molecule has 8 heteroatoms. The molecule has 0 unspecified atom stereocenters. The number of halogens is 1. The minimum absolute atomic E-state index is 0.0119. The Morgan fingerprint density at radius 1 is 1.19 bits per heavy atom. The zero-order valence-electron chi connectivity index (χ0n) is 13.9. The van der Waals surface area contributed by atoms with Gasteiger partial charge in [0.2, 0.25) is 0 Å². The fourth-order valence-electron chi connectivity index (χ4n) is 2.78. The number of carbonyl (C=O) groups is 1. The first-order valence-electron chi connectivity index (χ1n) is 8.19. The van der Waals surface area contributed by atoms with E-state index in [-0.39, 0.29) is 24.4 Å². The predicted octanol–water partition coefficient (Wildman–Crippen LogP) is 4.12. The van der Waals surface area contributed by atoms with Crippen LogP contribution in [0.3, 0.4) is 0 Å². The topological polar surface area (TPSA) is 93.5 Å². The van der Waals surface area contributed by atoms with E-state index in [0.717, 1.165) is 5.56 Å². The van der Waals surface area contributed by atoms with Crippen molar-refractivity contribution in [3.05, 3.63) is 69.2 Å². The number of nitro benzene ring substituents is 1. The Morgan fingerprint density at radius 3 is 2.62 bits per heavy atom. The van der Waals surface area contributed by atoms with Crippen LogP contribution in [0.4, 0.5) is 16.2 Å². The second-order valence-corrected chi connectivity index (χ2v) is 6.57. The highest BCUT2D eigenvalue weighted by atomic mass is 35.5. The number of nitrogens with one attached hydrogen (secondary N) is 2. The maximum atomic E-state index is 11.8. The van der Waals surface area contributed by atoms with E-state index in [2.05, 4.69) is 10.6 Å². The second-order valence-electron chi connectivity index (χ2n) is 6.13. The van der Waals surface area contributed by atoms with Crippen LogP contribution in [0.5, 0.6) is 0 Å². The van der Waals surface area contributed by atoms with Crippen molar-refractivity contribution >= 4 is 29.1 Å². The van der Waals surface area contributed by atoms with Gasteiger partial charge in [-0.2, -0.15) is 0 Å². The van der Waals surface area contributed by atoms with Gasteiger partial charge in [-0.1, -0.05) is 41.9 Å². The number of amides is 1. The number of carbonyl (C=O) groups excluding carboxylic acids is 1. The fraction of sp³-hybridized carbons (Fsp3) is 0.278. The van der Waals surface area contributed by atoms with Gasteiger partial charge < -0.3 is 15.4 Å². The van der Waals surface area contributed by atoms with E-state index < -0.39 is 11.0 Å². The summed E-state index contributed by atoms with van der Waals surface area (Å²) < 4.78 is 5.18. The van der Waals surface area contributed by atoms with Crippen LogP contribution in [0, 0.1) is 10.1 Å². The molecular weight excluding hydrogens is 358 g/mol. The maximum Gasteiger partial charge on any atom is 0.407 e. The zero-order chi connectivity index (χ0) is 18.5. The van der Waals surface area contributed by atoms with Gasteiger partial charge in [0.05, 0.1) is 4.92 Å². The van der Waals surface area contributed by atoms with Crippen molar-refractivity contribution < 1.29 is 14.5 Å². The fourth-order valence-corrected chi connectivity index (χ4v) is 2.95. The highest BCUT2D eigenvalue weighted by Crippen LogP contribution is 2.32. The summed E-state index contributed by atoms with van der Waals surface area (Å²) in [5.74, 6) is 0. The van der Waals surface area contributed by atoms with E-state index in [0.29, 0.717) is 23.6 Å². The highest BCUT2D eigenvalue weighted by molar-refractivity contribution is 6.30. The molecule has 0 saturated heterocycles. The largest absolute Gasteiger partial charge is 0.445 e. The van der Waals surface area contributed by atoms with Crippen molar-refractivity contribution in [2.45, 2.75) is 31.5 Å². The van der Waals surface area contributed by atoms with Crippen molar-refractivity contribution in [2.75, 3.05) is 5.32 Å². The van der Waals surface area contributed by atoms with Gasteiger partial charge in [0, 0.05) is 23.2 Å². The van der Waals surface area contributed by atoms with Crippen molar-refractivity contribution in [1.29, 1.82) is 0 Å². The second kappa shape index (κ2) is 8.05. The first-order chi connectivity index (χ1) is 12.5. The molecule has 7 nitrogen and oxygen atoms in total. The molecule has 1 aliphatic rings. The van der Waals surface area contributed by atoms with Gasteiger partial charge in [-0.15, -0.1) is 0 Å². The number of nitro groups is 1.